The van der Waals surface area contributed by atoms with Crippen LogP contribution in [-0.4, -0.2) is 23.8 Å². The molecule has 17 heavy (non-hydrogen) atoms. The lowest BCUT2D eigenvalue weighted by atomic mass is 10.3. The van der Waals surface area contributed by atoms with Crippen LogP contribution in [-0.2, 0) is 15.3 Å². The molecule has 0 aliphatic rings. The van der Waals surface area contributed by atoms with Crippen molar-refractivity contribution in [3.63, 3.8) is 0 Å². The average molecular weight is 252 g/mol. The van der Waals surface area contributed by atoms with E-state index in [4.69, 9.17) is 10.2 Å². The highest BCUT2D eigenvalue weighted by atomic mass is 32.2. The highest BCUT2D eigenvalue weighted by molar-refractivity contribution is 7.99. The van der Waals surface area contributed by atoms with Crippen LogP contribution in [0.5, 0.6) is 0 Å². The number of oxazole rings is 1. The summed E-state index contributed by atoms with van der Waals surface area (Å²) in [6.07, 6.45) is 0. The maximum absolute atomic E-state index is 10.9. The molecule has 90 valence electrons. The number of carbonyl (C=O) groups is 1. The van der Waals surface area contributed by atoms with E-state index in [1.54, 1.807) is 18.2 Å². The van der Waals surface area contributed by atoms with Gasteiger partial charge >= 0.3 is 5.97 Å². The van der Waals surface area contributed by atoms with E-state index in [1.807, 2.05) is 0 Å². The van der Waals surface area contributed by atoms with Gasteiger partial charge in [0.15, 0.2) is 5.58 Å². The third-order valence-corrected chi connectivity index (χ3v) is 3.02. The molecular weight excluding hydrogens is 240 g/mol. The SMILES string of the molecule is COC(=O)CSCc1nc2cc(N)ccc2o1. The summed E-state index contributed by atoms with van der Waals surface area (Å²) in [6.45, 7) is 0. The molecule has 0 aliphatic heterocycles. The number of carbonyl (C=O) groups excluding carboxylic acids is 1. The Balaban J connectivity index is 2.02. The molecule has 1 aromatic heterocycles. The summed E-state index contributed by atoms with van der Waals surface area (Å²) in [5.41, 5.74) is 7.73. The Bertz CT molecular complexity index is 538. The number of methoxy groups -OCH3 is 1. The highest BCUT2D eigenvalue weighted by Gasteiger charge is 2.07. The molecule has 1 heterocycles. The number of benzene rings is 1. The van der Waals surface area contributed by atoms with Crippen molar-refractivity contribution in [2.24, 2.45) is 0 Å². The monoisotopic (exact) mass is 252 g/mol. The number of esters is 1. The van der Waals surface area contributed by atoms with Crippen LogP contribution in [0.3, 0.4) is 0 Å². The number of anilines is 1. The van der Waals surface area contributed by atoms with Crippen molar-refractivity contribution in [2.45, 2.75) is 5.75 Å². The molecule has 2 N–H and O–H groups in total. The molecule has 0 unspecified atom stereocenters. The molecule has 0 atom stereocenters. The van der Waals surface area contributed by atoms with Gasteiger partial charge in [-0.15, -0.1) is 11.8 Å². The normalized spacial score (nSPS) is 10.6. The number of ether oxygens (including phenoxy) is 1. The Morgan fingerprint density at radius 2 is 2.41 bits per heavy atom. The van der Waals surface area contributed by atoms with Crippen molar-refractivity contribution in [2.75, 3.05) is 18.6 Å². The fourth-order valence-electron chi connectivity index (χ4n) is 1.33. The number of rotatable bonds is 4. The minimum atomic E-state index is -0.254. The zero-order chi connectivity index (χ0) is 12.3. The maximum atomic E-state index is 10.9. The van der Waals surface area contributed by atoms with Crippen LogP contribution in [0.1, 0.15) is 5.89 Å². The average Bonchev–Trinajstić information content (AvgIpc) is 2.70. The van der Waals surface area contributed by atoms with E-state index >= 15 is 0 Å². The Morgan fingerprint density at radius 3 is 3.18 bits per heavy atom. The molecular formula is C11H12N2O3S. The molecule has 0 spiro atoms. The number of nitrogen functional groups attached to an aromatic ring is 1. The lowest BCUT2D eigenvalue weighted by molar-refractivity contribution is -0.137. The zero-order valence-electron chi connectivity index (χ0n) is 9.30. The van der Waals surface area contributed by atoms with Gasteiger partial charge in [-0.05, 0) is 18.2 Å². The van der Waals surface area contributed by atoms with Crippen LogP contribution < -0.4 is 5.73 Å². The summed E-state index contributed by atoms with van der Waals surface area (Å²) in [4.78, 5) is 15.2. The van der Waals surface area contributed by atoms with E-state index < -0.39 is 0 Å². The Morgan fingerprint density at radius 1 is 1.59 bits per heavy atom. The smallest absolute Gasteiger partial charge is 0.315 e. The van der Waals surface area contributed by atoms with E-state index in [0.29, 0.717) is 22.9 Å². The van der Waals surface area contributed by atoms with Crippen molar-refractivity contribution in [1.82, 2.24) is 4.98 Å². The Hall–Kier alpha value is -1.69. The van der Waals surface area contributed by atoms with Crippen LogP contribution in [0, 0.1) is 0 Å². The number of hydrogen-bond donors (Lipinski definition) is 1. The van der Waals surface area contributed by atoms with Crippen LogP contribution in [0.15, 0.2) is 22.6 Å². The molecule has 6 heteroatoms. The molecule has 0 saturated carbocycles. The van der Waals surface area contributed by atoms with Gasteiger partial charge < -0.3 is 14.9 Å². The molecule has 0 amide bonds. The largest absolute Gasteiger partial charge is 0.468 e. The fraction of sp³-hybridized carbons (Fsp3) is 0.273. The molecule has 2 aromatic rings. The Labute approximate surface area is 102 Å². The first-order chi connectivity index (χ1) is 8.19. The van der Waals surface area contributed by atoms with Gasteiger partial charge in [-0.25, -0.2) is 4.98 Å². The second-order valence-electron chi connectivity index (χ2n) is 3.40. The molecule has 5 nitrogen and oxygen atoms in total. The predicted octanol–water partition coefficient (Wildman–Crippen LogP) is 1.82. The molecule has 0 aliphatic carbocycles. The Kier molecular flexibility index (Phi) is 3.53. The minimum Gasteiger partial charge on any atom is -0.468 e. The van der Waals surface area contributed by atoms with Gasteiger partial charge in [-0.1, -0.05) is 0 Å². The van der Waals surface area contributed by atoms with Gasteiger partial charge in [0.05, 0.1) is 18.6 Å². The number of nitrogens with two attached hydrogens (primary N) is 1. The van der Waals surface area contributed by atoms with Gasteiger partial charge in [-0.2, -0.15) is 0 Å². The standard InChI is InChI=1S/C11H12N2O3S/c1-15-11(14)6-17-5-10-13-8-4-7(12)2-3-9(8)16-10/h2-4H,5-6,12H2,1H3. The first-order valence-electron chi connectivity index (χ1n) is 4.98. The van der Waals surface area contributed by atoms with Crippen molar-refractivity contribution >= 4 is 34.5 Å². The van der Waals surface area contributed by atoms with Gasteiger partial charge in [0.1, 0.15) is 5.52 Å². The summed E-state index contributed by atoms with van der Waals surface area (Å²) in [6, 6.07) is 5.30. The fourth-order valence-corrected chi connectivity index (χ4v) is 2.02. The van der Waals surface area contributed by atoms with Crippen molar-refractivity contribution < 1.29 is 13.9 Å². The lowest BCUT2D eigenvalue weighted by Gasteiger charge is -1.96. The minimum absolute atomic E-state index is 0.254. The summed E-state index contributed by atoms with van der Waals surface area (Å²) < 4.78 is 10.0. The van der Waals surface area contributed by atoms with Crippen molar-refractivity contribution in [1.29, 1.82) is 0 Å². The molecule has 0 bridgehead atoms. The molecule has 0 radical (unpaired) electrons. The van der Waals surface area contributed by atoms with Crippen molar-refractivity contribution in [3.8, 4) is 0 Å². The number of thioether (sulfide) groups is 1. The van der Waals surface area contributed by atoms with Crippen molar-refractivity contribution in [3.05, 3.63) is 24.1 Å². The third kappa shape index (κ3) is 2.91. The van der Waals surface area contributed by atoms with Crippen LogP contribution in [0.2, 0.25) is 0 Å². The quantitative estimate of drug-likeness (QED) is 0.660. The molecule has 0 saturated heterocycles. The molecule has 1 aromatic carbocycles. The van der Waals surface area contributed by atoms with E-state index in [1.165, 1.54) is 18.9 Å². The molecule has 0 fully saturated rings. The van der Waals surface area contributed by atoms with Gasteiger partial charge in [0.25, 0.3) is 0 Å². The number of fused-ring (bicyclic) bond motifs is 1. The number of aromatic nitrogens is 1. The highest BCUT2D eigenvalue weighted by Crippen LogP contribution is 2.21. The van der Waals surface area contributed by atoms with E-state index in [-0.39, 0.29) is 11.7 Å². The maximum Gasteiger partial charge on any atom is 0.315 e. The van der Waals surface area contributed by atoms with E-state index in [2.05, 4.69) is 9.72 Å². The zero-order valence-corrected chi connectivity index (χ0v) is 10.1. The second kappa shape index (κ2) is 5.09. The van der Waals surface area contributed by atoms with E-state index in [9.17, 15) is 4.79 Å². The summed E-state index contributed by atoms with van der Waals surface area (Å²) in [5, 5.41) is 0. The van der Waals surface area contributed by atoms with Gasteiger partial charge in [0.2, 0.25) is 5.89 Å². The van der Waals surface area contributed by atoms with Crippen LogP contribution >= 0.6 is 11.8 Å². The van der Waals surface area contributed by atoms with Crippen LogP contribution in [0.25, 0.3) is 11.1 Å². The first kappa shape index (κ1) is 11.8. The predicted molar refractivity (Wildman–Crippen MR) is 66.6 cm³/mol. The summed E-state index contributed by atoms with van der Waals surface area (Å²) in [5.74, 6) is 1.15. The number of hydrogen-bond acceptors (Lipinski definition) is 6. The topological polar surface area (TPSA) is 78.3 Å². The summed E-state index contributed by atoms with van der Waals surface area (Å²) >= 11 is 1.40. The van der Waals surface area contributed by atoms with Gasteiger partial charge in [0, 0.05) is 5.69 Å². The van der Waals surface area contributed by atoms with Crippen LogP contribution in [0.4, 0.5) is 5.69 Å². The molecule has 2 rings (SSSR count). The second-order valence-corrected chi connectivity index (χ2v) is 4.39. The third-order valence-electron chi connectivity index (χ3n) is 2.13. The first-order valence-corrected chi connectivity index (χ1v) is 6.14. The number of nitrogens with zero attached hydrogens (tertiary/aromatic N) is 1. The van der Waals surface area contributed by atoms with E-state index in [0.717, 1.165) is 5.52 Å². The lowest BCUT2D eigenvalue weighted by Crippen LogP contribution is -2.03. The summed E-state index contributed by atoms with van der Waals surface area (Å²) in [7, 11) is 1.37. The van der Waals surface area contributed by atoms with Gasteiger partial charge in [-0.3, -0.25) is 4.79 Å².